The predicted octanol–water partition coefficient (Wildman–Crippen LogP) is 3.00. The van der Waals surface area contributed by atoms with Gasteiger partial charge in [0.2, 0.25) is 0 Å². The Bertz CT molecular complexity index is 633. The standard InChI is InChI=1S/C16H21N3OS/c1-11-4-5-14(8-12(11)2)19-15(17)18-10-16(3,20)13-6-7-21-9-13/h4-9,20H,10H2,1-3H3,(H3,17,18,19). The van der Waals surface area contributed by atoms with E-state index >= 15 is 0 Å². The molecule has 0 bridgehead atoms. The first kappa shape index (κ1) is 15.5. The molecule has 0 saturated heterocycles. The van der Waals surface area contributed by atoms with Crippen LogP contribution < -0.4 is 11.1 Å². The maximum absolute atomic E-state index is 10.4. The van der Waals surface area contributed by atoms with E-state index in [9.17, 15) is 5.11 Å². The molecule has 112 valence electrons. The molecule has 0 aliphatic heterocycles. The van der Waals surface area contributed by atoms with Crippen LogP contribution in [-0.2, 0) is 5.60 Å². The average Bonchev–Trinajstić information content (AvgIpc) is 2.96. The summed E-state index contributed by atoms with van der Waals surface area (Å²) in [5, 5.41) is 17.3. The zero-order valence-corrected chi connectivity index (χ0v) is 13.4. The Morgan fingerprint density at radius 1 is 1.33 bits per heavy atom. The largest absolute Gasteiger partial charge is 0.383 e. The van der Waals surface area contributed by atoms with Crippen molar-refractivity contribution in [2.24, 2.45) is 10.7 Å². The molecule has 0 spiro atoms. The Balaban J connectivity index is 2.02. The van der Waals surface area contributed by atoms with Crippen molar-refractivity contribution >= 4 is 23.0 Å². The van der Waals surface area contributed by atoms with Crippen LogP contribution in [0, 0.1) is 13.8 Å². The molecule has 1 aromatic heterocycles. The van der Waals surface area contributed by atoms with Crippen LogP contribution in [0.3, 0.4) is 0 Å². The molecule has 4 nitrogen and oxygen atoms in total. The fraction of sp³-hybridized carbons (Fsp3) is 0.312. The van der Waals surface area contributed by atoms with Gasteiger partial charge in [-0.25, -0.2) is 4.99 Å². The molecular formula is C16H21N3OS. The molecule has 4 N–H and O–H groups in total. The van der Waals surface area contributed by atoms with Gasteiger partial charge in [-0.3, -0.25) is 0 Å². The number of thiophene rings is 1. The van der Waals surface area contributed by atoms with Gasteiger partial charge in [-0.1, -0.05) is 6.07 Å². The van der Waals surface area contributed by atoms with E-state index < -0.39 is 5.60 Å². The number of hydrogen-bond donors (Lipinski definition) is 3. The van der Waals surface area contributed by atoms with Gasteiger partial charge < -0.3 is 16.2 Å². The molecule has 1 heterocycles. The number of anilines is 1. The average molecular weight is 303 g/mol. The summed E-state index contributed by atoms with van der Waals surface area (Å²) in [4.78, 5) is 4.24. The van der Waals surface area contributed by atoms with Crippen molar-refractivity contribution < 1.29 is 5.11 Å². The van der Waals surface area contributed by atoms with Gasteiger partial charge in [0.1, 0.15) is 5.60 Å². The van der Waals surface area contributed by atoms with Crippen molar-refractivity contribution in [3.05, 3.63) is 51.7 Å². The van der Waals surface area contributed by atoms with Crippen molar-refractivity contribution in [3.63, 3.8) is 0 Å². The number of aliphatic imine (C=N–C) groups is 1. The molecule has 21 heavy (non-hydrogen) atoms. The number of benzene rings is 1. The third-order valence-corrected chi connectivity index (χ3v) is 4.16. The smallest absolute Gasteiger partial charge is 0.193 e. The van der Waals surface area contributed by atoms with Gasteiger partial charge >= 0.3 is 0 Å². The van der Waals surface area contributed by atoms with Gasteiger partial charge in [0.25, 0.3) is 0 Å². The third-order valence-electron chi connectivity index (χ3n) is 3.48. The van der Waals surface area contributed by atoms with Crippen molar-refractivity contribution in [2.75, 3.05) is 11.9 Å². The second-order valence-electron chi connectivity index (χ2n) is 5.41. The fourth-order valence-corrected chi connectivity index (χ4v) is 2.69. The van der Waals surface area contributed by atoms with E-state index in [0.29, 0.717) is 5.96 Å². The van der Waals surface area contributed by atoms with E-state index in [2.05, 4.69) is 24.2 Å². The molecular weight excluding hydrogens is 282 g/mol. The summed E-state index contributed by atoms with van der Waals surface area (Å²) in [6, 6.07) is 7.91. The summed E-state index contributed by atoms with van der Waals surface area (Å²) in [6.07, 6.45) is 0. The highest BCUT2D eigenvalue weighted by atomic mass is 32.1. The van der Waals surface area contributed by atoms with Gasteiger partial charge in [0.05, 0.1) is 6.54 Å². The molecule has 0 saturated carbocycles. The number of aliphatic hydroxyl groups is 1. The van der Waals surface area contributed by atoms with Crippen molar-refractivity contribution in [1.29, 1.82) is 0 Å². The number of nitrogens with one attached hydrogen (secondary N) is 1. The minimum Gasteiger partial charge on any atom is -0.383 e. The maximum atomic E-state index is 10.4. The first-order valence-electron chi connectivity index (χ1n) is 6.78. The van der Waals surface area contributed by atoms with Crippen LogP contribution in [-0.4, -0.2) is 17.6 Å². The summed E-state index contributed by atoms with van der Waals surface area (Å²) in [5.74, 6) is 0.300. The van der Waals surface area contributed by atoms with Gasteiger partial charge in [0.15, 0.2) is 5.96 Å². The normalized spacial score (nSPS) is 14.8. The molecule has 0 radical (unpaired) electrons. The summed E-state index contributed by atoms with van der Waals surface area (Å²) in [7, 11) is 0. The van der Waals surface area contributed by atoms with E-state index in [1.54, 1.807) is 18.3 Å². The van der Waals surface area contributed by atoms with Crippen LogP contribution in [0.2, 0.25) is 0 Å². The molecule has 1 unspecified atom stereocenters. The number of nitrogens with zero attached hydrogens (tertiary/aromatic N) is 1. The molecule has 0 aliphatic rings. The van der Waals surface area contributed by atoms with E-state index in [1.807, 2.05) is 35.0 Å². The fourth-order valence-electron chi connectivity index (χ4n) is 1.91. The third kappa shape index (κ3) is 4.06. The lowest BCUT2D eigenvalue weighted by molar-refractivity contribution is 0.0678. The van der Waals surface area contributed by atoms with Crippen LogP contribution in [0.25, 0.3) is 0 Å². The summed E-state index contributed by atoms with van der Waals surface area (Å²) >= 11 is 1.55. The molecule has 0 aliphatic carbocycles. The summed E-state index contributed by atoms with van der Waals surface area (Å²) < 4.78 is 0. The second kappa shape index (κ2) is 6.28. The Hall–Kier alpha value is -1.85. The molecule has 2 rings (SSSR count). The summed E-state index contributed by atoms with van der Waals surface area (Å²) in [6.45, 7) is 6.07. The molecule has 1 atom stereocenters. The van der Waals surface area contributed by atoms with Crippen molar-refractivity contribution in [2.45, 2.75) is 26.4 Å². The van der Waals surface area contributed by atoms with Crippen LogP contribution >= 0.6 is 11.3 Å². The zero-order chi connectivity index (χ0) is 15.5. The lowest BCUT2D eigenvalue weighted by Crippen LogP contribution is -2.29. The monoisotopic (exact) mass is 303 g/mol. The highest BCUT2D eigenvalue weighted by Crippen LogP contribution is 2.23. The van der Waals surface area contributed by atoms with E-state index in [1.165, 1.54) is 11.1 Å². The quantitative estimate of drug-likeness (QED) is 0.600. The SMILES string of the molecule is Cc1ccc(NC(N)=NCC(C)(O)c2ccsc2)cc1C. The lowest BCUT2D eigenvalue weighted by atomic mass is 10.00. The number of nitrogens with two attached hydrogens (primary N) is 1. The molecule has 0 amide bonds. The van der Waals surface area contributed by atoms with Gasteiger partial charge in [0, 0.05) is 5.69 Å². The Morgan fingerprint density at radius 3 is 2.71 bits per heavy atom. The van der Waals surface area contributed by atoms with Gasteiger partial charge in [-0.05, 0) is 66.4 Å². The first-order chi connectivity index (χ1) is 9.88. The first-order valence-corrected chi connectivity index (χ1v) is 7.72. The minimum atomic E-state index is -1.00. The second-order valence-corrected chi connectivity index (χ2v) is 6.19. The van der Waals surface area contributed by atoms with Crippen molar-refractivity contribution in [3.8, 4) is 0 Å². The maximum Gasteiger partial charge on any atom is 0.193 e. The molecule has 2 aromatic rings. The van der Waals surface area contributed by atoms with E-state index in [4.69, 9.17) is 5.73 Å². The Kier molecular flexibility index (Phi) is 4.65. The van der Waals surface area contributed by atoms with Crippen LogP contribution in [0.1, 0.15) is 23.6 Å². The number of guanidine groups is 1. The number of aryl methyl sites for hydroxylation is 2. The number of hydrogen-bond acceptors (Lipinski definition) is 3. The van der Waals surface area contributed by atoms with E-state index in [-0.39, 0.29) is 6.54 Å². The predicted molar refractivity (Wildman–Crippen MR) is 89.9 cm³/mol. The lowest BCUT2D eigenvalue weighted by Gasteiger charge is -2.20. The zero-order valence-electron chi connectivity index (χ0n) is 12.6. The molecule has 5 heteroatoms. The molecule has 0 fully saturated rings. The van der Waals surface area contributed by atoms with Gasteiger partial charge in [-0.2, -0.15) is 11.3 Å². The van der Waals surface area contributed by atoms with Crippen LogP contribution in [0.15, 0.2) is 40.0 Å². The Morgan fingerprint density at radius 2 is 2.10 bits per heavy atom. The molecule has 1 aromatic carbocycles. The summed E-state index contributed by atoms with van der Waals surface area (Å²) in [5.41, 5.74) is 9.06. The highest BCUT2D eigenvalue weighted by molar-refractivity contribution is 7.08. The van der Waals surface area contributed by atoms with Crippen molar-refractivity contribution in [1.82, 2.24) is 0 Å². The van der Waals surface area contributed by atoms with Crippen LogP contribution in [0.4, 0.5) is 5.69 Å². The minimum absolute atomic E-state index is 0.216. The highest BCUT2D eigenvalue weighted by Gasteiger charge is 2.23. The topological polar surface area (TPSA) is 70.6 Å². The number of rotatable bonds is 4. The van der Waals surface area contributed by atoms with Crippen LogP contribution in [0.5, 0.6) is 0 Å². The Labute approximate surface area is 129 Å². The van der Waals surface area contributed by atoms with Gasteiger partial charge in [-0.15, -0.1) is 0 Å². The van der Waals surface area contributed by atoms with E-state index in [0.717, 1.165) is 11.3 Å².